The van der Waals surface area contributed by atoms with Crippen LogP contribution >= 0.6 is 0 Å². The molecule has 2 saturated heterocycles. The lowest BCUT2D eigenvalue weighted by Crippen LogP contribution is -2.49. The minimum Gasteiger partial charge on any atom is -0.350 e. The minimum absolute atomic E-state index is 0.286. The maximum atomic E-state index is 12.3. The molecule has 0 radical (unpaired) electrons. The molecule has 0 N–H and O–H groups in total. The number of nitrogens with zero attached hydrogens (tertiary/aromatic N) is 3. The molecule has 1 aromatic heterocycles. The zero-order chi connectivity index (χ0) is 19.7. The number of fused-ring (bicyclic) bond motifs is 1. The number of likely N-dealkylation sites (tertiary alicyclic amines) is 1. The number of aryl methyl sites for hydroxylation is 1. The average molecular weight is 404 g/mol. The fraction of sp³-hybridized carbons (Fsp3) is 0.636. The molecule has 2 aliphatic rings. The third kappa shape index (κ3) is 3.87. The van der Waals surface area contributed by atoms with Gasteiger partial charge in [-0.25, -0.2) is 12.7 Å². The molecule has 4 rings (SSSR count). The van der Waals surface area contributed by atoms with Gasteiger partial charge in [0, 0.05) is 43.3 Å². The topological polar surface area (TPSA) is 45.6 Å². The zero-order valence-electron chi connectivity index (χ0n) is 17.2. The van der Waals surface area contributed by atoms with Crippen molar-refractivity contribution in [1.29, 1.82) is 0 Å². The first kappa shape index (κ1) is 19.9. The molecule has 2 aromatic rings. The number of hydrogen-bond acceptors (Lipinski definition) is 3. The van der Waals surface area contributed by atoms with Crippen LogP contribution in [-0.4, -0.2) is 60.2 Å². The Bertz CT molecular complexity index is 905. The van der Waals surface area contributed by atoms with Crippen molar-refractivity contribution < 1.29 is 8.42 Å². The quantitative estimate of drug-likeness (QED) is 0.767. The highest BCUT2D eigenvalue weighted by Gasteiger charge is 2.32. The third-order valence-electron chi connectivity index (χ3n) is 6.69. The first-order valence-corrected chi connectivity index (χ1v) is 12.4. The van der Waals surface area contributed by atoms with E-state index in [4.69, 9.17) is 0 Å². The van der Waals surface area contributed by atoms with Crippen molar-refractivity contribution in [3.05, 3.63) is 36.0 Å². The van der Waals surface area contributed by atoms with E-state index < -0.39 is 10.0 Å². The Balaban J connectivity index is 1.35. The summed E-state index contributed by atoms with van der Waals surface area (Å²) in [6, 6.07) is 9.25. The molecule has 0 amide bonds. The summed E-state index contributed by atoms with van der Waals surface area (Å²) in [5.41, 5.74) is 2.82. The Morgan fingerprint density at radius 2 is 1.68 bits per heavy atom. The van der Waals surface area contributed by atoms with E-state index in [1.165, 1.54) is 29.3 Å². The SMILES string of the molecule is CCCS(=O)(=O)N1CCC(N2CCC(c3cn(C)c4ccccc34)CC2)CC1. The van der Waals surface area contributed by atoms with E-state index in [0.717, 1.165) is 25.9 Å². The van der Waals surface area contributed by atoms with Crippen LogP contribution in [0.5, 0.6) is 0 Å². The molecule has 1 aromatic carbocycles. The summed E-state index contributed by atoms with van der Waals surface area (Å²) in [4.78, 5) is 2.62. The standard InChI is InChI=1S/C22H33N3O2S/c1-3-16-28(26,27)25-14-10-19(11-15-25)24-12-8-18(9-13-24)21-17-23(2)22-7-5-4-6-20(21)22/h4-7,17-19H,3,8-16H2,1-2H3. The first-order chi connectivity index (χ1) is 13.5. The lowest BCUT2D eigenvalue weighted by Gasteiger charge is -2.41. The number of benzene rings is 1. The highest BCUT2D eigenvalue weighted by molar-refractivity contribution is 7.89. The minimum atomic E-state index is -3.04. The monoisotopic (exact) mass is 403 g/mol. The molecule has 154 valence electrons. The summed E-state index contributed by atoms with van der Waals surface area (Å²) in [5.74, 6) is 0.918. The molecule has 2 fully saturated rings. The van der Waals surface area contributed by atoms with E-state index in [0.29, 0.717) is 31.5 Å². The van der Waals surface area contributed by atoms with Crippen molar-refractivity contribution in [3.63, 3.8) is 0 Å². The Kier molecular flexibility index (Phi) is 5.81. The van der Waals surface area contributed by atoms with E-state index in [1.807, 2.05) is 6.92 Å². The molecular weight excluding hydrogens is 370 g/mol. The highest BCUT2D eigenvalue weighted by Crippen LogP contribution is 2.35. The number of para-hydroxylation sites is 1. The van der Waals surface area contributed by atoms with Gasteiger partial charge in [0.15, 0.2) is 0 Å². The summed E-state index contributed by atoms with van der Waals surface area (Å²) < 4.78 is 28.5. The Hall–Kier alpha value is -1.37. The average Bonchev–Trinajstić information content (AvgIpc) is 3.05. The summed E-state index contributed by atoms with van der Waals surface area (Å²) in [6.45, 7) is 5.57. The summed E-state index contributed by atoms with van der Waals surface area (Å²) in [6.07, 6.45) is 7.36. The smallest absolute Gasteiger partial charge is 0.214 e. The molecular formula is C22H33N3O2S. The van der Waals surface area contributed by atoms with Gasteiger partial charge in [0.05, 0.1) is 5.75 Å². The van der Waals surface area contributed by atoms with Crippen LogP contribution in [-0.2, 0) is 17.1 Å². The van der Waals surface area contributed by atoms with Gasteiger partial charge in [-0.15, -0.1) is 0 Å². The van der Waals surface area contributed by atoms with Gasteiger partial charge < -0.3 is 9.47 Å². The van der Waals surface area contributed by atoms with Crippen molar-refractivity contribution in [2.45, 2.75) is 51.0 Å². The van der Waals surface area contributed by atoms with Crippen LogP contribution in [0.25, 0.3) is 10.9 Å². The molecule has 0 spiro atoms. The number of rotatable bonds is 5. The van der Waals surface area contributed by atoms with Crippen LogP contribution in [0.1, 0.15) is 50.5 Å². The Morgan fingerprint density at radius 3 is 2.36 bits per heavy atom. The van der Waals surface area contributed by atoms with Crippen molar-refractivity contribution in [3.8, 4) is 0 Å². The van der Waals surface area contributed by atoms with E-state index in [2.05, 4.69) is 47.0 Å². The van der Waals surface area contributed by atoms with Crippen molar-refractivity contribution in [2.75, 3.05) is 31.9 Å². The number of piperidine rings is 2. The van der Waals surface area contributed by atoms with Crippen LogP contribution in [0.15, 0.2) is 30.5 Å². The number of sulfonamides is 1. The number of aromatic nitrogens is 1. The van der Waals surface area contributed by atoms with Gasteiger partial charge in [-0.05, 0) is 62.7 Å². The molecule has 2 aliphatic heterocycles. The van der Waals surface area contributed by atoms with Crippen LogP contribution in [0, 0.1) is 0 Å². The van der Waals surface area contributed by atoms with Crippen LogP contribution in [0.3, 0.4) is 0 Å². The van der Waals surface area contributed by atoms with Crippen LogP contribution in [0.4, 0.5) is 0 Å². The molecule has 3 heterocycles. The van der Waals surface area contributed by atoms with Gasteiger partial charge in [0.25, 0.3) is 0 Å². The predicted molar refractivity (Wildman–Crippen MR) is 115 cm³/mol. The summed E-state index contributed by atoms with van der Waals surface area (Å²) >= 11 is 0. The maximum Gasteiger partial charge on any atom is 0.214 e. The van der Waals surface area contributed by atoms with Crippen LogP contribution in [0.2, 0.25) is 0 Å². The highest BCUT2D eigenvalue weighted by atomic mass is 32.2. The molecule has 0 saturated carbocycles. The van der Waals surface area contributed by atoms with Gasteiger partial charge >= 0.3 is 0 Å². The van der Waals surface area contributed by atoms with Crippen LogP contribution < -0.4 is 0 Å². The number of hydrogen-bond donors (Lipinski definition) is 0. The second-order valence-corrected chi connectivity index (χ2v) is 10.6. The van der Waals surface area contributed by atoms with E-state index in [9.17, 15) is 8.42 Å². The van der Waals surface area contributed by atoms with Crippen molar-refractivity contribution >= 4 is 20.9 Å². The first-order valence-electron chi connectivity index (χ1n) is 10.8. The normalized spacial score (nSPS) is 21.5. The maximum absolute atomic E-state index is 12.3. The Morgan fingerprint density at radius 1 is 1.00 bits per heavy atom. The van der Waals surface area contributed by atoms with Gasteiger partial charge in [0.1, 0.15) is 0 Å². The van der Waals surface area contributed by atoms with Gasteiger partial charge in [-0.2, -0.15) is 0 Å². The molecule has 28 heavy (non-hydrogen) atoms. The molecule has 0 bridgehead atoms. The van der Waals surface area contributed by atoms with E-state index >= 15 is 0 Å². The second-order valence-electron chi connectivity index (χ2n) is 8.47. The molecule has 0 aliphatic carbocycles. The third-order valence-corrected chi connectivity index (χ3v) is 8.77. The van der Waals surface area contributed by atoms with Gasteiger partial charge in [-0.1, -0.05) is 25.1 Å². The van der Waals surface area contributed by atoms with E-state index in [-0.39, 0.29) is 5.75 Å². The van der Waals surface area contributed by atoms with Gasteiger partial charge in [-0.3, -0.25) is 0 Å². The summed E-state index contributed by atoms with van der Waals surface area (Å²) in [7, 11) is -0.898. The molecule has 0 unspecified atom stereocenters. The molecule has 0 atom stereocenters. The second kappa shape index (κ2) is 8.17. The fourth-order valence-corrected chi connectivity index (χ4v) is 6.69. The van der Waals surface area contributed by atoms with Crippen molar-refractivity contribution in [1.82, 2.24) is 13.8 Å². The zero-order valence-corrected chi connectivity index (χ0v) is 18.0. The van der Waals surface area contributed by atoms with Gasteiger partial charge in [0.2, 0.25) is 10.0 Å². The fourth-order valence-electron chi connectivity index (χ4n) is 5.15. The molecule has 5 nitrogen and oxygen atoms in total. The summed E-state index contributed by atoms with van der Waals surface area (Å²) in [5, 5.41) is 1.40. The van der Waals surface area contributed by atoms with Crippen molar-refractivity contribution in [2.24, 2.45) is 7.05 Å². The lowest BCUT2D eigenvalue weighted by molar-refractivity contribution is 0.110. The van der Waals surface area contributed by atoms with E-state index in [1.54, 1.807) is 4.31 Å². The lowest BCUT2D eigenvalue weighted by atomic mass is 9.88. The Labute approximate surface area is 169 Å². The predicted octanol–water partition coefficient (Wildman–Crippen LogP) is 3.56. The molecule has 6 heteroatoms. The largest absolute Gasteiger partial charge is 0.350 e.